The fraction of sp³-hybridized carbons (Fsp3) is 0.364. The third-order valence-corrected chi connectivity index (χ3v) is 2.42. The predicted octanol–water partition coefficient (Wildman–Crippen LogP) is 2.69. The first-order valence-corrected chi connectivity index (χ1v) is 4.74. The molecule has 0 saturated carbocycles. The largest absolute Gasteiger partial charge is 0.496 e. The molecule has 1 heterocycles. The molecule has 1 aromatic heterocycles. The van der Waals surface area contributed by atoms with Gasteiger partial charge in [-0.1, -0.05) is 13.8 Å². The van der Waals surface area contributed by atoms with Crippen LogP contribution in [0.5, 0.6) is 5.75 Å². The predicted molar refractivity (Wildman–Crippen MR) is 56.7 cm³/mol. The lowest BCUT2D eigenvalue weighted by Gasteiger charge is -2.12. The SMILES string of the molecule is COc1ccc2[nH]ncc2c1C(C)C. The Morgan fingerprint density at radius 2 is 2.14 bits per heavy atom. The molecule has 0 aliphatic carbocycles. The minimum absolute atomic E-state index is 0.436. The summed E-state index contributed by atoms with van der Waals surface area (Å²) in [5, 5.41) is 8.15. The number of hydrogen-bond acceptors (Lipinski definition) is 2. The van der Waals surface area contributed by atoms with Crippen LogP contribution < -0.4 is 4.74 Å². The first-order valence-electron chi connectivity index (χ1n) is 4.74. The first kappa shape index (κ1) is 9.06. The molecule has 0 aliphatic rings. The Balaban J connectivity index is 2.75. The van der Waals surface area contributed by atoms with Crippen molar-refractivity contribution in [3.05, 3.63) is 23.9 Å². The van der Waals surface area contributed by atoms with Gasteiger partial charge in [-0.05, 0) is 18.1 Å². The van der Waals surface area contributed by atoms with Gasteiger partial charge in [0.1, 0.15) is 5.75 Å². The van der Waals surface area contributed by atoms with Crippen molar-refractivity contribution in [2.24, 2.45) is 0 Å². The van der Waals surface area contributed by atoms with E-state index in [1.165, 1.54) is 5.56 Å². The van der Waals surface area contributed by atoms with Crippen molar-refractivity contribution in [2.75, 3.05) is 7.11 Å². The lowest BCUT2D eigenvalue weighted by Crippen LogP contribution is -1.94. The van der Waals surface area contributed by atoms with E-state index in [0.29, 0.717) is 5.92 Å². The standard InChI is InChI=1S/C11H14N2O/c1-7(2)11-8-6-12-13-9(8)4-5-10(11)14-3/h4-7H,1-3H3,(H,12,13). The summed E-state index contributed by atoms with van der Waals surface area (Å²) in [6.45, 7) is 4.31. The van der Waals surface area contributed by atoms with Crippen molar-refractivity contribution < 1.29 is 4.74 Å². The maximum atomic E-state index is 5.34. The van der Waals surface area contributed by atoms with E-state index < -0.39 is 0 Å². The number of nitrogens with one attached hydrogen (secondary N) is 1. The number of aromatic amines is 1. The lowest BCUT2D eigenvalue weighted by atomic mass is 9.98. The van der Waals surface area contributed by atoms with E-state index in [2.05, 4.69) is 24.0 Å². The third-order valence-electron chi connectivity index (χ3n) is 2.42. The number of nitrogens with zero attached hydrogens (tertiary/aromatic N) is 1. The van der Waals surface area contributed by atoms with Crippen LogP contribution in [0.4, 0.5) is 0 Å². The Kier molecular flexibility index (Phi) is 2.15. The fourth-order valence-corrected chi connectivity index (χ4v) is 1.79. The molecule has 0 saturated heterocycles. The summed E-state index contributed by atoms with van der Waals surface area (Å²) in [7, 11) is 1.70. The molecule has 0 fully saturated rings. The second-order valence-corrected chi connectivity index (χ2v) is 3.67. The Morgan fingerprint density at radius 1 is 1.36 bits per heavy atom. The molecule has 0 bridgehead atoms. The number of fused-ring (bicyclic) bond motifs is 1. The van der Waals surface area contributed by atoms with Gasteiger partial charge in [0.25, 0.3) is 0 Å². The van der Waals surface area contributed by atoms with Gasteiger partial charge in [0.05, 0.1) is 18.8 Å². The van der Waals surface area contributed by atoms with E-state index in [4.69, 9.17) is 4.74 Å². The number of H-pyrrole nitrogens is 1. The second-order valence-electron chi connectivity index (χ2n) is 3.67. The molecule has 2 rings (SSSR count). The number of aromatic nitrogens is 2. The minimum Gasteiger partial charge on any atom is -0.496 e. The van der Waals surface area contributed by atoms with E-state index in [9.17, 15) is 0 Å². The molecule has 0 atom stereocenters. The van der Waals surface area contributed by atoms with Crippen LogP contribution in [-0.4, -0.2) is 17.3 Å². The molecule has 3 heteroatoms. The van der Waals surface area contributed by atoms with Crippen molar-refractivity contribution in [1.29, 1.82) is 0 Å². The lowest BCUT2D eigenvalue weighted by molar-refractivity contribution is 0.408. The van der Waals surface area contributed by atoms with Crippen LogP contribution in [0.2, 0.25) is 0 Å². The average Bonchev–Trinajstić information content (AvgIpc) is 2.62. The molecule has 2 aromatic rings. The quantitative estimate of drug-likeness (QED) is 0.790. The van der Waals surface area contributed by atoms with Crippen LogP contribution >= 0.6 is 0 Å². The highest BCUT2D eigenvalue weighted by molar-refractivity contribution is 5.84. The minimum atomic E-state index is 0.436. The Morgan fingerprint density at radius 3 is 2.79 bits per heavy atom. The molecule has 3 nitrogen and oxygen atoms in total. The summed E-state index contributed by atoms with van der Waals surface area (Å²) < 4.78 is 5.34. The zero-order chi connectivity index (χ0) is 10.1. The molecule has 0 spiro atoms. The maximum Gasteiger partial charge on any atom is 0.123 e. The third kappa shape index (κ3) is 1.25. The van der Waals surface area contributed by atoms with Gasteiger partial charge >= 0.3 is 0 Å². The van der Waals surface area contributed by atoms with Gasteiger partial charge in [-0.15, -0.1) is 0 Å². The molecule has 0 radical (unpaired) electrons. The van der Waals surface area contributed by atoms with Gasteiger partial charge < -0.3 is 4.74 Å². The van der Waals surface area contributed by atoms with E-state index in [1.807, 2.05) is 18.3 Å². The smallest absolute Gasteiger partial charge is 0.123 e. The summed E-state index contributed by atoms with van der Waals surface area (Å²) in [6, 6.07) is 3.98. The van der Waals surface area contributed by atoms with E-state index in [1.54, 1.807) is 7.11 Å². The molecule has 74 valence electrons. The highest BCUT2D eigenvalue weighted by Gasteiger charge is 2.12. The van der Waals surface area contributed by atoms with Crippen LogP contribution in [0.1, 0.15) is 25.3 Å². The van der Waals surface area contributed by atoms with Crippen molar-refractivity contribution in [1.82, 2.24) is 10.2 Å². The molecule has 1 aromatic carbocycles. The summed E-state index contributed by atoms with van der Waals surface area (Å²) >= 11 is 0. The zero-order valence-corrected chi connectivity index (χ0v) is 8.66. The Hall–Kier alpha value is -1.51. The van der Waals surface area contributed by atoms with E-state index >= 15 is 0 Å². The zero-order valence-electron chi connectivity index (χ0n) is 8.66. The molecule has 0 amide bonds. The summed E-state index contributed by atoms with van der Waals surface area (Å²) in [6.07, 6.45) is 1.85. The van der Waals surface area contributed by atoms with Gasteiger partial charge in [-0.25, -0.2) is 0 Å². The van der Waals surface area contributed by atoms with Crippen molar-refractivity contribution in [3.8, 4) is 5.75 Å². The van der Waals surface area contributed by atoms with E-state index in [0.717, 1.165) is 16.7 Å². The van der Waals surface area contributed by atoms with Crippen LogP contribution in [0.25, 0.3) is 10.9 Å². The molecule has 1 N–H and O–H groups in total. The summed E-state index contributed by atoms with van der Waals surface area (Å²) in [5.74, 6) is 1.38. The van der Waals surface area contributed by atoms with Crippen LogP contribution in [0.3, 0.4) is 0 Å². The Labute approximate surface area is 83.1 Å². The van der Waals surface area contributed by atoms with Gasteiger partial charge in [0.15, 0.2) is 0 Å². The normalized spacial score (nSPS) is 11.1. The van der Waals surface area contributed by atoms with Gasteiger partial charge in [0, 0.05) is 10.9 Å². The number of ether oxygens (including phenoxy) is 1. The van der Waals surface area contributed by atoms with Gasteiger partial charge in [0.2, 0.25) is 0 Å². The maximum absolute atomic E-state index is 5.34. The number of benzene rings is 1. The summed E-state index contributed by atoms with van der Waals surface area (Å²) in [5.41, 5.74) is 2.29. The number of methoxy groups -OCH3 is 1. The van der Waals surface area contributed by atoms with Gasteiger partial charge in [-0.3, -0.25) is 5.10 Å². The molecule has 0 unspecified atom stereocenters. The molecular weight excluding hydrogens is 176 g/mol. The molecule has 14 heavy (non-hydrogen) atoms. The van der Waals surface area contributed by atoms with Crippen LogP contribution in [-0.2, 0) is 0 Å². The average molecular weight is 190 g/mol. The van der Waals surface area contributed by atoms with Crippen molar-refractivity contribution >= 4 is 10.9 Å². The second kappa shape index (κ2) is 3.33. The fourth-order valence-electron chi connectivity index (χ4n) is 1.79. The van der Waals surface area contributed by atoms with Crippen molar-refractivity contribution in [2.45, 2.75) is 19.8 Å². The van der Waals surface area contributed by atoms with Crippen LogP contribution in [0, 0.1) is 0 Å². The highest BCUT2D eigenvalue weighted by atomic mass is 16.5. The van der Waals surface area contributed by atoms with Gasteiger partial charge in [-0.2, -0.15) is 5.10 Å². The Bertz CT molecular complexity index is 445. The molecular formula is C11H14N2O. The molecule has 0 aliphatic heterocycles. The first-order chi connectivity index (χ1) is 6.74. The van der Waals surface area contributed by atoms with E-state index in [-0.39, 0.29) is 0 Å². The topological polar surface area (TPSA) is 37.9 Å². The highest BCUT2D eigenvalue weighted by Crippen LogP contribution is 2.32. The number of rotatable bonds is 2. The van der Waals surface area contributed by atoms with Crippen molar-refractivity contribution in [3.63, 3.8) is 0 Å². The summed E-state index contributed by atoms with van der Waals surface area (Å²) in [4.78, 5) is 0. The van der Waals surface area contributed by atoms with Crippen LogP contribution in [0.15, 0.2) is 18.3 Å². The monoisotopic (exact) mass is 190 g/mol. The number of hydrogen-bond donors (Lipinski definition) is 1.